The molecule has 0 spiro atoms. The molecule has 3 unspecified atom stereocenters. The van der Waals surface area contributed by atoms with Gasteiger partial charge in [-0.25, -0.2) is 0 Å². The van der Waals surface area contributed by atoms with E-state index in [1.54, 1.807) is 0 Å². The minimum absolute atomic E-state index is 0.262. The third kappa shape index (κ3) is 3.44. The van der Waals surface area contributed by atoms with Gasteiger partial charge in [-0.2, -0.15) is 0 Å². The topological polar surface area (TPSA) is 32.3 Å². The van der Waals surface area contributed by atoms with E-state index in [1.807, 2.05) is 11.9 Å². The second-order valence-electron chi connectivity index (χ2n) is 6.12. The molecular formula is C14H26N2O. The van der Waals surface area contributed by atoms with Gasteiger partial charge in [0.1, 0.15) is 0 Å². The molecular weight excluding hydrogens is 212 g/mol. The Kier molecular flexibility index (Phi) is 4.08. The van der Waals surface area contributed by atoms with Crippen molar-refractivity contribution in [2.45, 2.75) is 58.0 Å². The summed E-state index contributed by atoms with van der Waals surface area (Å²) < 4.78 is 0. The Balaban J connectivity index is 1.72. The number of carbonyl (C=O) groups is 1. The summed E-state index contributed by atoms with van der Waals surface area (Å²) in [6, 6.07) is 1.08. The molecule has 2 aliphatic rings. The van der Waals surface area contributed by atoms with Crippen LogP contribution in [-0.2, 0) is 4.79 Å². The van der Waals surface area contributed by atoms with Gasteiger partial charge in [-0.3, -0.25) is 4.79 Å². The quantitative estimate of drug-likeness (QED) is 0.812. The summed E-state index contributed by atoms with van der Waals surface area (Å²) in [5.41, 5.74) is 0. The van der Waals surface area contributed by atoms with E-state index in [0.29, 0.717) is 24.5 Å². The lowest BCUT2D eigenvalue weighted by atomic mass is 9.80. The minimum Gasteiger partial charge on any atom is -0.342 e. The highest BCUT2D eigenvalue weighted by Gasteiger charge is 2.30. The van der Waals surface area contributed by atoms with Crippen molar-refractivity contribution in [3.05, 3.63) is 0 Å². The van der Waals surface area contributed by atoms with Gasteiger partial charge in [0, 0.05) is 19.1 Å². The zero-order chi connectivity index (χ0) is 12.4. The van der Waals surface area contributed by atoms with Crippen molar-refractivity contribution >= 4 is 5.91 Å². The van der Waals surface area contributed by atoms with Crippen molar-refractivity contribution < 1.29 is 4.79 Å². The molecule has 0 aromatic carbocycles. The first-order valence-electron chi connectivity index (χ1n) is 7.07. The molecule has 2 fully saturated rings. The van der Waals surface area contributed by atoms with E-state index in [-0.39, 0.29) is 5.91 Å². The number of hydrogen-bond donors (Lipinski definition) is 1. The van der Waals surface area contributed by atoms with Crippen LogP contribution in [-0.4, -0.2) is 36.5 Å². The van der Waals surface area contributed by atoms with E-state index in [4.69, 9.17) is 0 Å². The molecule has 0 aliphatic heterocycles. The first-order chi connectivity index (χ1) is 8.08. The number of nitrogens with zero attached hydrogens (tertiary/aromatic N) is 1. The van der Waals surface area contributed by atoms with Crippen LogP contribution in [0.2, 0.25) is 0 Å². The second-order valence-corrected chi connectivity index (χ2v) is 6.12. The average molecular weight is 238 g/mol. The first-order valence-corrected chi connectivity index (χ1v) is 7.07. The van der Waals surface area contributed by atoms with Crippen molar-refractivity contribution in [3.63, 3.8) is 0 Å². The fourth-order valence-electron chi connectivity index (χ4n) is 2.98. The minimum atomic E-state index is 0.262. The summed E-state index contributed by atoms with van der Waals surface area (Å²) in [5, 5.41) is 3.46. The molecule has 3 heteroatoms. The summed E-state index contributed by atoms with van der Waals surface area (Å²) >= 11 is 0. The number of carbonyl (C=O) groups excluding carboxylic acids is 1. The molecule has 3 nitrogen and oxygen atoms in total. The van der Waals surface area contributed by atoms with Crippen molar-refractivity contribution in [2.24, 2.45) is 11.8 Å². The average Bonchev–Trinajstić information content (AvgIpc) is 3.10. The van der Waals surface area contributed by atoms with Crippen LogP contribution in [0.15, 0.2) is 0 Å². The lowest BCUT2D eigenvalue weighted by Crippen LogP contribution is -2.45. The Morgan fingerprint density at radius 3 is 2.53 bits per heavy atom. The molecule has 3 atom stereocenters. The van der Waals surface area contributed by atoms with E-state index in [2.05, 4.69) is 19.2 Å². The Bertz CT molecular complexity index is 275. The lowest BCUT2D eigenvalue weighted by Gasteiger charge is -2.33. The van der Waals surface area contributed by atoms with Crippen molar-refractivity contribution in [3.8, 4) is 0 Å². The van der Waals surface area contributed by atoms with Crippen LogP contribution in [0.3, 0.4) is 0 Å². The van der Waals surface area contributed by atoms with Crippen molar-refractivity contribution in [2.75, 3.05) is 13.6 Å². The van der Waals surface area contributed by atoms with E-state index in [0.717, 1.165) is 5.92 Å². The zero-order valence-corrected chi connectivity index (χ0v) is 11.4. The molecule has 0 bridgehead atoms. The van der Waals surface area contributed by atoms with Crippen LogP contribution in [0, 0.1) is 11.8 Å². The van der Waals surface area contributed by atoms with Gasteiger partial charge >= 0.3 is 0 Å². The molecule has 17 heavy (non-hydrogen) atoms. The lowest BCUT2D eigenvalue weighted by molar-refractivity contribution is -0.129. The molecule has 0 saturated heterocycles. The Labute approximate surface area is 105 Å². The highest BCUT2D eigenvalue weighted by Crippen LogP contribution is 2.29. The molecule has 0 aromatic heterocycles. The number of rotatable bonds is 4. The van der Waals surface area contributed by atoms with Gasteiger partial charge in [0.25, 0.3) is 0 Å². The third-order valence-corrected chi connectivity index (χ3v) is 4.43. The van der Waals surface area contributed by atoms with Crippen LogP contribution in [0.1, 0.15) is 46.0 Å². The van der Waals surface area contributed by atoms with Crippen LogP contribution < -0.4 is 5.32 Å². The van der Waals surface area contributed by atoms with Crippen LogP contribution >= 0.6 is 0 Å². The molecule has 0 aromatic rings. The van der Waals surface area contributed by atoms with Gasteiger partial charge in [0.2, 0.25) is 5.91 Å². The summed E-state index contributed by atoms with van der Waals surface area (Å²) in [4.78, 5) is 13.8. The van der Waals surface area contributed by atoms with Gasteiger partial charge in [0.15, 0.2) is 0 Å². The molecule has 2 saturated carbocycles. The van der Waals surface area contributed by atoms with Gasteiger partial charge < -0.3 is 10.2 Å². The second kappa shape index (κ2) is 5.38. The van der Waals surface area contributed by atoms with Crippen molar-refractivity contribution in [1.82, 2.24) is 10.2 Å². The molecule has 2 rings (SSSR count). The molecule has 2 aliphatic carbocycles. The van der Waals surface area contributed by atoms with Crippen LogP contribution in [0.25, 0.3) is 0 Å². The predicted octanol–water partition coefficient (Wildman–Crippen LogP) is 2.02. The van der Waals surface area contributed by atoms with E-state index in [1.165, 1.54) is 32.1 Å². The van der Waals surface area contributed by atoms with E-state index in [9.17, 15) is 4.79 Å². The van der Waals surface area contributed by atoms with Crippen LogP contribution in [0.4, 0.5) is 0 Å². The fraction of sp³-hybridized carbons (Fsp3) is 0.929. The summed E-state index contributed by atoms with van der Waals surface area (Å²) in [5.74, 6) is 1.82. The van der Waals surface area contributed by atoms with Gasteiger partial charge in [-0.15, -0.1) is 0 Å². The van der Waals surface area contributed by atoms with Crippen LogP contribution in [0.5, 0.6) is 0 Å². The van der Waals surface area contributed by atoms with Gasteiger partial charge in [0.05, 0.1) is 6.54 Å². The maximum Gasteiger partial charge on any atom is 0.236 e. The molecule has 1 amide bonds. The number of likely N-dealkylation sites (N-methyl/N-ethyl adjacent to an activating group) is 1. The third-order valence-electron chi connectivity index (χ3n) is 4.43. The first kappa shape index (κ1) is 12.9. The van der Waals surface area contributed by atoms with E-state index < -0.39 is 0 Å². The molecule has 98 valence electrons. The van der Waals surface area contributed by atoms with Gasteiger partial charge in [-0.1, -0.05) is 13.8 Å². The summed E-state index contributed by atoms with van der Waals surface area (Å²) in [7, 11) is 1.94. The SMILES string of the molecule is CC1CCC(NCC(=O)N(C)C2CC2)C(C)C1. The largest absolute Gasteiger partial charge is 0.342 e. The van der Waals surface area contributed by atoms with Crippen molar-refractivity contribution in [1.29, 1.82) is 0 Å². The fourth-order valence-corrected chi connectivity index (χ4v) is 2.98. The highest BCUT2D eigenvalue weighted by atomic mass is 16.2. The molecule has 0 radical (unpaired) electrons. The number of hydrogen-bond acceptors (Lipinski definition) is 2. The maximum atomic E-state index is 11.9. The zero-order valence-electron chi connectivity index (χ0n) is 11.4. The highest BCUT2D eigenvalue weighted by molar-refractivity contribution is 5.78. The summed E-state index contributed by atoms with van der Waals surface area (Å²) in [6.45, 7) is 5.16. The van der Waals surface area contributed by atoms with E-state index >= 15 is 0 Å². The normalized spacial score (nSPS) is 33.5. The standard InChI is InChI=1S/C14H26N2O/c1-10-4-7-13(11(2)8-10)15-9-14(17)16(3)12-5-6-12/h10-13,15H,4-9H2,1-3H3. The Morgan fingerprint density at radius 2 is 1.94 bits per heavy atom. The number of amides is 1. The predicted molar refractivity (Wildman–Crippen MR) is 69.8 cm³/mol. The monoisotopic (exact) mass is 238 g/mol. The van der Waals surface area contributed by atoms with Gasteiger partial charge in [-0.05, 0) is 43.9 Å². The Hall–Kier alpha value is -0.570. The smallest absolute Gasteiger partial charge is 0.236 e. The molecule has 1 N–H and O–H groups in total. The molecule has 0 heterocycles. The maximum absolute atomic E-state index is 11.9. The number of nitrogens with one attached hydrogen (secondary N) is 1. The summed E-state index contributed by atoms with van der Waals surface area (Å²) in [6.07, 6.45) is 6.21. The Morgan fingerprint density at radius 1 is 1.24 bits per heavy atom.